The third kappa shape index (κ3) is 3.19. The van der Waals surface area contributed by atoms with Crippen LogP contribution in [0.5, 0.6) is 11.5 Å². The topological polar surface area (TPSA) is 70.8 Å². The molecule has 0 fully saturated rings. The number of rotatable bonds is 5. The van der Waals surface area contributed by atoms with E-state index in [4.69, 9.17) is 19.9 Å². The summed E-state index contributed by atoms with van der Waals surface area (Å²) in [5.41, 5.74) is 5.26. The summed E-state index contributed by atoms with van der Waals surface area (Å²) in [7, 11) is 1.35. The molecule has 5 nitrogen and oxygen atoms in total. The number of esters is 1. The van der Waals surface area contributed by atoms with E-state index in [1.807, 2.05) is 19.9 Å². The van der Waals surface area contributed by atoms with Crippen LogP contribution in [0.2, 0.25) is 0 Å². The Morgan fingerprint density at radius 3 is 2.77 bits per heavy atom. The van der Waals surface area contributed by atoms with Crippen molar-refractivity contribution < 1.29 is 19.0 Å². The fourth-order valence-corrected chi connectivity index (χ4v) is 2.84. The van der Waals surface area contributed by atoms with Gasteiger partial charge in [-0.05, 0) is 32.4 Å². The van der Waals surface area contributed by atoms with Crippen LogP contribution in [0.3, 0.4) is 0 Å². The number of carbonyl (C=O) groups excluding carboxylic acids is 1. The predicted molar refractivity (Wildman–Crippen MR) is 84.1 cm³/mol. The zero-order chi connectivity index (χ0) is 16.4. The van der Waals surface area contributed by atoms with Crippen LogP contribution in [0, 0.1) is 0 Å². The highest BCUT2D eigenvalue weighted by atomic mass is 16.5. The number of carbonyl (C=O) groups is 1. The van der Waals surface area contributed by atoms with Gasteiger partial charge in [-0.3, -0.25) is 0 Å². The molecule has 0 amide bonds. The number of nitrogens with two attached hydrogens (primary N) is 1. The summed E-state index contributed by atoms with van der Waals surface area (Å²) in [6.07, 6.45) is 2.42. The number of benzene rings is 1. The molecule has 0 saturated heterocycles. The van der Waals surface area contributed by atoms with E-state index >= 15 is 0 Å². The summed E-state index contributed by atoms with van der Waals surface area (Å²) >= 11 is 0. The summed E-state index contributed by atoms with van der Waals surface area (Å²) in [6, 6.07) is 5.42. The van der Waals surface area contributed by atoms with Gasteiger partial charge >= 0.3 is 5.97 Å². The van der Waals surface area contributed by atoms with E-state index in [0.717, 1.165) is 18.6 Å². The van der Waals surface area contributed by atoms with Crippen molar-refractivity contribution in [1.82, 2.24) is 0 Å². The van der Waals surface area contributed by atoms with E-state index in [1.165, 1.54) is 7.11 Å². The van der Waals surface area contributed by atoms with Crippen LogP contribution in [0.1, 0.15) is 45.6 Å². The number of fused-ring (bicyclic) bond motifs is 1. The average molecular weight is 307 g/mol. The highest BCUT2D eigenvalue weighted by Crippen LogP contribution is 2.44. The molecule has 1 aliphatic rings. The Kier molecular flexibility index (Phi) is 4.66. The van der Waals surface area contributed by atoms with Gasteiger partial charge in [0.25, 0.3) is 0 Å². The number of hydrogen-bond donors (Lipinski definition) is 1. The normalized spacial score (nSPS) is 22.4. The van der Waals surface area contributed by atoms with Crippen molar-refractivity contribution in [2.24, 2.45) is 5.73 Å². The summed E-state index contributed by atoms with van der Waals surface area (Å²) in [6.45, 7) is 6.58. The van der Waals surface area contributed by atoms with Crippen molar-refractivity contribution in [1.29, 1.82) is 0 Å². The fraction of sp³-hybridized carbons (Fsp3) is 0.588. The highest BCUT2D eigenvalue weighted by molar-refractivity contribution is 5.84. The predicted octanol–water partition coefficient (Wildman–Crippen LogP) is 2.75. The van der Waals surface area contributed by atoms with E-state index in [-0.39, 0.29) is 0 Å². The Labute approximate surface area is 131 Å². The van der Waals surface area contributed by atoms with Crippen molar-refractivity contribution >= 4 is 5.97 Å². The Morgan fingerprint density at radius 2 is 2.14 bits per heavy atom. The molecule has 1 atom stereocenters. The van der Waals surface area contributed by atoms with Crippen molar-refractivity contribution in [2.75, 3.05) is 13.7 Å². The monoisotopic (exact) mass is 307 g/mol. The van der Waals surface area contributed by atoms with Crippen LogP contribution in [0.4, 0.5) is 0 Å². The minimum Gasteiger partial charge on any atom is -0.493 e. The first-order valence-corrected chi connectivity index (χ1v) is 7.66. The molecule has 2 N–H and O–H groups in total. The molecule has 22 heavy (non-hydrogen) atoms. The smallest absolute Gasteiger partial charge is 0.330 e. The summed E-state index contributed by atoms with van der Waals surface area (Å²) < 4.78 is 16.6. The summed E-state index contributed by atoms with van der Waals surface area (Å²) in [5, 5.41) is 0. The van der Waals surface area contributed by atoms with Gasteiger partial charge in [-0.15, -0.1) is 0 Å². The first kappa shape index (κ1) is 16.6. The van der Waals surface area contributed by atoms with E-state index in [0.29, 0.717) is 24.3 Å². The highest BCUT2D eigenvalue weighted by Gasteiger charge is 2.48. The summed E-state index contributed by atoms with van der Waals surface area (Å²) in [5.74, 6) is 0.847. The molecule has 122 valence electrons. The van der Waals surface area contributed by atoms with Crippen LogP contribution in [0.15, 0.2) is 18.2 Å². The molecule has 1 heterocycles. The maximum Gasteiger partial charge on any atom is 0.330 e. The first-order valence-electron chi connectivity index (χ1n) is 7.66. The zero-order valence-corrected chi connectivity index (χ0v) is 13.8. The van der Waals surface area contributed by atoms with E-state index in [2.05, 4.69) is 6.92 Å². The molecule has 0 bridgehead atoms. The Bertz CT molecular complexity index is 556. The first-order chi connectivity index (χ1) is 10.3. The average Bonchev–Trinajstić information content (AvgIpc) is 2.45. The van der Waals surface area contributed by atoms with Crippen molar-refractivity contribution in [3.63, 3.8) is 0 Å². The molecule has 0 aromatic heterocycles. The molecule has 0 radical (unpaired) electrons. The largest absolute Gasteiger partial charge is 0.493 e. The molecular weight excluding hydrogens is 282 g/mol. The molecule has 5 heteroatoms. The van der Waals surface area contributed by atoms with Crippen molar-refractivity contribution in [2.45, 2.75) is 51.2 Å². The third-order valence-corrected chi connectivity index (χ3v) is 3.84. The lowest BCUT2D eigenvalue weighted by Crippen LogP contribution is -2.54. The molecule has 0 spiro atoms. The molecule has 1 aromatic carbocycles. The van der Waals surface area contributed by atoms with E-state index < -0.39 is 17.1 Å². The molecule has 1 aliphatic heterocycles. The Hall–Kier alpha value is -1.75. The second kappa shape index (κ2) is 6.16. The molecule has 1 unspecified atom stereocenters. The van der Waals surface area contributed by atoms with Gasteiger partial charge in [-0.1, -0.05) is 13.3 Å². The maximum absolute atomic E-state index is 12.2. The molecule has 2 rings (SSSR count). The van der Waals surface area contributed by atoms with Crippen LogP contribution in [-0.4, -0.2) is 25.3 Å². The van der Waals surface area contributed by atoms with Crippen molar-refractivity contribution in [3.05, 3.63) is 23.8 Å². The lowest BCUT2D eigenvalue weighted by molar-refractivity contribution is -0.151. The Balaban J connectivity index is 2.37. The SMILES string of the molecule is CCCCOc1ccc2c(c1)OC(C)(C)CC2(N)C(=O)OC. The number of methoxy groups -OCH3 is 1. The lowest BCUT2D eigenvalue weighted by atomic mass is 9.78. The van der Waals surface area contributed by atoms with Gasteiger partial charge in [0.2, 0.25) is 0 Å². The van der Waals surface area contributed by atoms with Crippen LogP contribution < -0.4 is 15.2 Å². The molecule has 0 aliphatic carbocycles. The molecular formula is C17H25NO4. The number of ether oxygens (including phenoxy) is 3. The Morgan fingerprint density at radius 1 is 1.41 bits per heavy atom. The maximum atomic E-state index is 12.2. The summed E-state index contributed by atoms with van der Waals surface area (Å²) in [4.78, 5) is 12.2. The van der Waals surface area contributed by atoms with Gasteiger partial charge in [-0.25, -0.2) is 4.79 Å². The van der Waals surface area contributed by atoms with E-state index in [9.17, 15) is 4.79 Å². The fourth-order valence-electron chi connectivity index (χ4n) is 2.84. The van der Waals surface area contributed by atoms with Gasteiger partial charge in [0, 0.05) is 18.1 Å². The van der Waals surface area contributed by atoms with Gasteiger partial charge in [0.15, 0.2) is 0 Å². The van der Waals surface area contributed by atoms with Gasteiger partial charge in [-0.2, -0.15) is 0 Å². The van der Waals surface area contributed by atoms with Crippen LogP contribution >= 0.6 is 0 Å². The number of unbranched alkanes of at least 4 members (excludes halogenated alkanes) is 1. The quantitative estimate of drug-likeness (QED) is 0.669. The van der Waals surface area contributed by atoms with E-state index in [1.54, 1.807) is 12.1 Å². The minimum atomic E-state index is -1.20. The zero-order valence-electron chi connectivity index (χ0n) is 13.8. The minimum absolute atomic E-state index is 0.357. The molecule has 0 saturated carbocycles. The number of hydrogen-bond acceptors (Lipinski definition) is 5. The van der Waals surface area contributed by atoms with Crippen LogP contribution in [0.25, 0.3) is 0 Å². The second-order valence-corrected chi connectivity index (χ2v) is 6.36. The lowest BCUT2D eigenvalue weighted by Gasteiger charge is -2.42. The van der Waals surface area contributed by atoms with Gasteiger partial charge in [0.05, 0.1) is 13.7 Å². The van der Waals surface area contributed by atoms with Gasteiger partial charge in [0.1, 0.15) is 22.6 Å². The van der Waals surface area contributed by atoms with Crippen molar-refractivity contribution in [3.8, 4) is 11.5 Å². The second-order valence-electron chi connectivity index (χ2n) is 6.36. The van der Waals surface area contributed by atoms with Gasteiger partial charge < -0.3 is 19.9 Å². The third-order valence-electron chi connectivity index (χ3n) is 3.84. The molecule has 1 aromatic rings. The standard InChI is InChI=1S/C17H25NO4/c1-5-6-9-21-12-7-8-13-14(10-12)22-16(2,3)11-17(13,18)15(19)20-4/h7-8,10H,5-6,9,11,18H2,1-4H3. The van der Waals surface area contributed by atoms with Crippen LogP contribution in [-0.2, 0) is 15.1 Å².